The third-order valence-electron chi connectivity index (χ3n) is 2.94. The average Bonchev–Trinajstić information content (AvgIpc) is 2.43. The Labute approximate surface area is 133 Å². The van der Waals surface area contributed by atoms with Crippen molar-refractivity contribution < 1.29 is 18.1 Å². The van der Waals surface area contributed by atoms with E-state index in [1.807, 2.05) is 33.8 Å². The number of hydrogen-bond donors (Lipinski definition) is 2. The molecule has 0 saturated carbocycles. The number of halogens is 2. The Morgan fingerprint density at radius 1 is 1.32 bits per heavy atom. The van der Waals surface area contributed by atoms with Crippen LogP contribution in [0.25, 0.3) is 0 Å². The summed E-state index contributed by atoms with van der Waals surface area (Å²) in [6, 6.07) is 4.94. The summed E-state index contributed by atoms with van der Waals surface area (Å²) in [7, 11) is 0. The second-order valence-electron chi connectivity index (χ2n) is 6.04. The van der Waals surface area contributed by atoms with Gasteiger partial charge in [-0.1, -0.05) is 6.07 Å². The molecule has 22 heavy (non-hydrogen) atoms. The van der Waals surface area contributed by atoms with Gasteiger partial charge in [0.15, 0.2) is 0 Å². The van der Waals surface area contributed by atoms with Crippen molar-refractivity contribution in [2.24, 2.45) is 5.73 Å². The molecule has 0 aliphatic carbocycles. The summed E-state index contributed by atoms with van der Waals surface area (Å²) in [6.07, 6.45) is -2.53. The highest BCUT2D eigenvalue weighted by Gasteiger charge is 2.28. The Morgan fingerprint density at radius 2 is 1.95 bits per heavy atom. The predicted octanol–water partition coefficient (Wildman–Crippen LogP) is 2.90. The van der Waals surface area contributed by atoms with Gasteiger partial charge in [-0.2, -0.15) is 0 Å². The van der Waals surface area contributed by atoms with E-state index in [9.17, 15) is 13.3 Å². The summed E-state index contributed by atoms with van der Waals surface area (Å²) in [6.45, 7) is 7.08. The molecular weight excluding hydrogens is 310 g/mol. The van der Waals surface area contributed by atoms with Crippen molar-refractivity contribution in [2.45, 2.75) is 51.5 Å². The second-order valence-corrected chi connectivity index (χ2v) is 8.04. The minimum absolute atomic E-state index is 0.222. The highest BCUT2D eigenvalue weighted by atomic mass is 32.2. The van der Waals surface area contributed by atoms with Gasteiger partial charge < -0.3 is 15.0 Å². The van der Waals surface area contributed by atoms with Gasteiger partial charge in [0.25, 0.3) is 6.43 Å². The van der Waals surface area contributed by atoms with E-state index in [4.69, 9.17) is 10.5 Å². The van der Waals surface area contributed by atoms with E-state index in [-0.39, 0.29) is 12.6 Å². The molecule has 2 atom stereocenters. The van der Waals surface area contributed by atoms with Crippen LogP contribution in [0.5, 0.6) is 5.75 Å². The summed E-state index contributed by atoms with van der Waals surface area (Å²) in [5.74, 6) is 0.341. The molecule has 0 aromatic heterocycles. The molecule has 1 rings (SSSR count). The van der Waals surface area contributed by atoms with E-state index in [1.165, 1.54) is 0 Å². The number of rotatable bonds is 7. The molecule has 126 valence electrons. The summed E-state index contributed by atoms with van der Waals surface area (Å²) in [4.78, 5) is 0. The van der Waals surface area contributed by atoms with Gasteiger partial charge in [-0.15, -0.1) is 4.72 Å². The fraction of sp³-hybridized carbons (Fsp3) is 0.600. The van der Waals surface area contributed by atoms with Crippen LogP contribution in [0.3, 0.4) is 0 Å². The van der Waals surface area contributed by atoms with Crippen LogP contribution < -0.4 is 15.2 Å². The molecule has 1 aromatic rings. The monoisotopic (exact) mass is 334 g/mol. The maximum Gasteiger partial charge on any atom is 0.272 e. The lowest BCUT2D eigenvalue weighted by Gasteiger charge is -2.27. The predicted molar refractivity (Wildman–Crippen MR) is 85.3 cm³/mol. The largest absolute Gasteiger partial charge is 0.598 e. The van der Waals surface area contributed by atoms with Crippen LogP contribution in [0.1, 0.15) is 44.9 Å². The number of nitrogens with two attached hydrogens (primary N) is 1. The van der Waals surface area contributed by atoms with Crippen LogP contribution in [0.2, 0.25) is 0 Å². The standard InChI is InChI=1S/C15H24F2N2O2S/c1-10(19-22(20)15(2,3)4)12-5-11(8-18)6-13(7-12)21-9-14(16)17/h5-7,10,14,19H,8-9,18H2,1-4H3. The highest BCUT2D eigenvalue weighted by molar-refractivity contribution is 7.90. The molecular formula is C15H24F2N2O2S. The lowest BCUT2D eigenvalue weighted by Crippen LogP contribution is -2.40. The Balaban J connectivity index is 2.90. The second kappa shape index (κ2) is 8.10. The summed E-state index contributed by atoms with van der Waals surface area (Å²) >= 11 is -1.24. The smallest absolute Gasteiger partial charge is 0.272 e. The first-order valence-corrected chi connectivity index (χ1v) is 8.21. The molecule has 0 bridgehead atoms. The maximum absolute atomic E-state index is 12.3. The van der Waals surface area contributed by atoms with Gasteiger partial charge in [-0.25, -0.2) is 8.78 Å². The molecule has 0 heterocycles. The van der Waals surface area contributed by atoms with Crippen molar-refractivity contribution in [2.75, 3.05) is 6.61 Å². The lowest BCUT2D eigenvalue weighted by molar-refractivity contribution is 0.0818. The number of nitrogens with one attached hydrogen (secondary N) is 1. The molecule has 4 nitrogen and oxygen atoms in total. The Morgan fingerprint density at radius 3 is 2.45 bits per heavy atom. The number of alkyl halides is 2. The quantitative estimate of drug-likeness (QED) is 0.752. The van der Waals surface area contributed by atoms with Gasteiger partial charge in [0.2, 0.25) is 0 Å². The van der Waals surface area contributed by atoms with Crippen LogP contribution in [0.4, 0.5) is 8.78 Å². The SMILES string of the molecule is CC(N[S+]([O-])C(C)(C)C)c1cc(CN)cc(OCC(F)F)c1. The molecule has 0 radical (unpaired) electrons. The zero-order chi connectivity index (χ0) is 16.9. The van der Waals surface area contributed by atoms with Crippen molar-refractivity contribution in [3.8, 4) is 5.75 Å². The van der Waals surface area contributed by atoms with E-state index in [0.29, 0.717) is 5.75 Å². The van der Waals surface area contributed by atoms with Crippen molar-refractivity contribution in [3.63, 3.8) is 0 Å². The molecule has 7 heteroatoms. The molecule has 3 N–H and O–H groups in total. The zero-order valence-electron chi connectivity index (χ0n) is 13.4. The Hall–Kier alpha value is -0.890. The average molecular weight is 334 g/mol. The van der Waals surface area contributed by atoms with Gasteiger partial charge in [-0.05, 0) is 51.0 Å². The molecule has 0 aliphatic rings. The minimum atomic E-state index is -2.53. The first-order chi connectivity index (χ1) is 10.1. The third kappa shape index (κ3) is 6.08. The van der Waals surface area contributed by atoms with E-state index in [1.54, 1.807) is 12.1 Å². The number of benzene rings is 1. The van der Waals surface area contributed by atoms with Crippen LogP contribution >= 0.6 is 0 Å². The summed E-state index contributed by atoms with van der Waals surface area (Å²) in [5, 5.41) is 0. The molecule has 0 amide bonds. The molecule has 0 spiro atoms. The van der Waals surface area contributed by atoms with Gasteiger partial charge in [0.1, 0.15) is 17.1 Å². The third-order valence-corrected chi connectivity index (χ3v) is 4.62. The Bertz CT molecular complexity index is 481. The Kier molecular flexibility index (Phi) is 7.05. The normalized spacial score (nSPS) is 15.0. The fourth-order valence-electron chi connectivity index (χ4n) is 1.70. The van der Waals surface area contributed by atoms with Crippen molar-refractivity contribution >= 4 is 11.4 Å². The molecule has 1 aromatic carbocycles. The highest BCUT2D eigenvalue weighted by Crippen LogP contribution is 2.25. The van der Waals surface area contributed by atoms with E-state index < -0.39 is 29.1 Å². The fourth-order valence-corrected chi connectivity index (χ4v) is 2.51. The van der Waals surface area contributed by atoms with Gasteiger partial charge in [-0.3, -0.25) is 0 Å². The van der Waals surface area contributed by atoms with Crippen LogP contribution in [-0.4, -0.2) is 22.3 Å². The molecule has 2 unspecified atom stereocenters. The van der Waals surface area contributed by atoms with Crippen molar-refractivity contribution in [1.29, 1.82) is 0 Å². The number of ether oxygens (including phenoxy) is 1. The van der Waals surface area contributed by atoms with Crippen molar-refractivity contribution in [3.05, 3.63) is 29.3 Å². The topological polar surface area (TPSA) is 70.3 Å². The van der Waals surface area contributed by atoms with E-state index in [0.717, 1.165) is 11.1 Å². The zero-order valence-corrected chi connectivity index (χ0v) is 14.2. The van der Waals surface area contributed by atoms with Crippen LogP contribution in [0.15, 0.2) is 18.2 Å². The van der Waals surface area contributed by atoms with Crippen LogP contribution in [-0.2, 0) is 17.9 Å². The van der Waals surface area contributed by atoms with Gasteiger partial charge in [0, 0.05) is 17.9 Å². The molecule has 0 fully saturated rings. The summed E-state index contributed by atoms with van der Waals surface area (Å²) in [5.41, 5.74) is 7.20. The maximum atomic E-state index is 12.3. The first-order valence-electron chi connectivity index (χ1n) is 7.06. The van der Waals surface area contributed by atoms with Crippen molar-refractivity contribution in [1.82, 2.24) is 4.72 Å². The first kappa shape index (κ1) is 19.2. The van der Waals surface area contributed by atoms with E-state index >= 15 is 0 Å². The molecule has 0 saturated heterocycles. The lowest BCUT2D eigenvalue weighted by atomic mass is 10.1. The van der Waals surface area contributed by atoms with E-state index in [2.05, 4.69) is 4.72 Å². The van der Waals surface area contributed by atoms with Gasteiger partial charge >= 0.3 is 0 Å². The number of hydrogen-bond acceptors (Lipinski definition) is 4. The van der Waals surface area contributed by atoms with Crippen LogP contribution in [0, 0.1) is 0 Å². The minimum Gasteiger partial charge on any atom is -0.598 e. The van der Waals surface area contributed by atoms with Gasteiger partial charge in [0.05, 0.1) is 6.04 Å². The summed E-state index contributed by atoms with van der Waals surface area (Å²) < 4.78 is 44.4. The molecule has 0 aliphatic heterocycles.